The van der Waals surface area contributed by atoms with E-state index in [9.17, 15) is 5.11 Å². The van der Waals surface area contributed by atoms with Crippen LogP contribution in [0.1, 0.15) is 30.7 Å². The summed E-state index contributed by atoms with van der Waals surface area (Å²) in [4.78, 5) is 0. The Hall–Kier alpha value is -0.730. The first-order chi connectivity index (χ1) is 7.22. The quantitative estimate of drug-likeness (QED) is 0.840. The molecule has 0 spiro atoms. The third kappa shape index (κ3) is 2.11. The van der Waals surface area contributed by atoms with Crippen LogP contribution in [0.3, 0.4) is 0 Å². The van der Waals surface area contributed by atoms with Crippen molar-refractivity contribution in [2.75, 3.05) is 7.11 Å². The predicted octanol–water partition coefficient (Wildman–Crippen LogP) is 2.98. The van der Waals surface area contributed by atoms with E-state index in [0.29, 0.717) is 5.02 Å². The van der Waals surface area contributed by atoms with Gasteiger partial charge in [0.15, 0.2) is 0 Å². The molecule has 1 aliphatic carbocycles. The smallest absolute Gasteiger partial charge is 0.122 e. The van der Waals surface area contributed by atoms with Crippen LogP contribution in [0.4, 0.5) is 0 Å². The molecule has 1 saturated carbocycles. The van der Waals surface area contributed by atoms with Crippen molar-refractivity contribution in [2.45, 2.75) is 31.3 Å². The first-order valence-corrected chi connectivity index (χ1v) is 5.61. The zero-order valence-corrected chi connectivity index (χ0v) is 9.50. The first kappa shape index (κ1) is 10.8. The van der Waals surface area contributed by atoms with Gasteiger partial charge < -0.3 is 9.84 Å². The van der Waals surface area contributed by atoms with E-state index in [-0.39, 0.29) is 12.0 Å². The highest BCUT2D eigenvalue weighted by atomic mass is 35.5. The van der Waals surface area contributed by atoms with Crippen molar-refractivity contribution >= 4 is 11.6 Å². The number of hydrogen-bond acceptors (Lipinski definition) is 2. The number of ether oxygens (including phenoxy) is 1. The van der Waals surface area contributed by atoms with E-state index in [1.54, 1.807) is 7.11 Å². The second kappa shape index (κ2) is 4.42. The molecule has 0 aromatic heterocycles. The summed E-state index contributed by atoms with van der Waals surface area (Å²) in [5.74, 6) is 1.00. The van der Waals surface area contributed by atoms with Gasteiger partial charge in [-0.15, -0.1) is 0 Å². The van der Waals surface area contributed by atoms with Crippen LogP contribution in [-0.4, -0.2) is 18.3 Å². The van der Waals surface area contributed by atoms with E-state index < -0.39 is 0 Å². The minimum absolute atomic E-state index is 0.179. The van der Waals surface area contributed by atoms with Crippen LogP contribution < -0.4 is 4.74 Å². The van der Waals surface area contributed by atoms with Crippen LogP contribution in [0.5, 0.6) is 5.75 Å². The van der Waals surface area contributed by atoms with Crippen LogP contribution in [0.15, 0.2) is 18.2 Å². The molecule has 1 aliphatic rings. The Balaban J connectivity index is 2.36. The lowest BCUT2D eigenvalue weighted by molar-refractivity contribution is 0.162. The average Bonchev–Trinajstić information content (AvgIpc) is 2.64. The largest absolute Gasteiger partial charge is 0.496 e. The highest BCUT2D eigenvalue weighted by Gasteiger charge is 2.29. The minimum Gasteiger partial charge on any atom is -0.496 e. The molecule has 0 amide bonds. The number of hydrogen-bond donors (Lipinski definition) is 1. The van der Waals surface area contributed by atoms with E-state index in [2.05, 4.69) is 0 Å². The molecule has 1 fully saturated rings. The minimum atomic E-state index is -0.252. The van der Waals surface area contributed by atoms with Gasteiger partial charge in [0, 0.05) is 16.5 Å². The summed E-state index contributed by atoms with van der Waals surface area (Å²) in [5.41, 5.74) is 1.04. The van der Waals surface area contributed by atoms with Crippen molar-refractivity contribution in [1.29, 1.82) is 0 Å². The summed E-state index contributed by atoms with van der Waals surface area (Å²) in [6, 6.07) is 5.58. The van der Waals surface area contributed by atoms with Crippen LogP contribution in [-0.2, 0) is 0 Å². The lowest BCUT2D eigenvalue weighted by Crippen LogP contribution is -2.12. The van der Waals surface area contributed by atoms with E-state index in [0.717, 1.165) is 30.6 Å². The van der Waals surface area contributed by atoms with Gasteiger partial charge in [0.2, 0.25) is 0 Å². The zero-order chi connectivity index (χ0) is 10.8. The molecule has 2 nitrogen and oxygen atoms in total. The fourth-order valence-electron chi connectivity index (χ4n) is 2.30. The molecule has 0 aliphatic heterocycles. The summed E-state index contributed by atoms with van der Waals surface area (Å²) in [6.45, 7) is 0. The summed E-state index contributed by atoms with van der Waals surface area (Å²) >= 11 is 5.96. The molecular formula is C12H15ClO2. The predicted molar refractivity (Wildman–Crippen MR) is 60.6 cm³/mol. The Morgan fingerprint density at radius 1 is 1.40 bits per heavy atom. The monoisotopic (exact) mass is 226 g/mol. The maximum atomic E-state index is 9.85. The van der Waals surface area contributed by atoms with Crippen molar-refractivity contribution in [3.63, 3.8) is 0 Å². The lowest BCUT2D eigenvalue weighted by Gasteiger charge is -2.18. The summed E-state index contributed by atoms with van der Waals surface area (Å²) in [7, 11) is 1.65. The molecule has 0 heterocycles. The van der Waals surface area contributed by atoms with Crippen LogP contribution in [0.2, 0.25) is 5.02 Å². The number of aliphatic hydroxyl groups excluding tert-OH is 1. The SMILES string of the molecule is COc1ccc(Cl)cc1C1CCCC1O. The van der Waals surface area contributed by atoms with Gasteiger partial charge in [0.25, 0.3) is 0 Å². The summed E-state index contributed by atoms with van der Waals surface area (Å²) < 4.78 is 5.29. The molecule has 0 saturated heterocycles. The highest BCUT2D eigenvalue weighted by Crippen LogP contribution is 2.39. The molecular weight excluding hydrogens is 212 g/mol. The zero-order valence-electron chi connectivity index (χ0n) is 8.74. The molecule has 1 N–H and O–H groups in total. The van der Waals surface area contributed by atoms with Crippen LogP contribution >= 0.6 is 11.6 Å². The number of rotatable bonds is 2. The van der Waals surface area contributed by atoms with Crippen molar-refractivity contribution < 1.29 is 9.84 Å². The summed E-state index contributed by atoms with van der Waals surface area (Å²) in [5, 5.41) is 10.6. The Kier molecular flexibility index (Phi) is 3.17. The lowest BCUT2D eigenvalue weighted by atomic mass is 9.95. The normalized spacial score (nSPS) is 25.5. The first-order valence-electron chi connectivity index (χ1n) is 5.24. The molecule has 2 rings (SSSR count). The molecule has 0 bridgehead atoms. The molecule has 0 radical (unpaired) electrons. The van der Waals surface area contributed by atoms with Gasteiger partial charge in [-0.2, -0.15) is 0 Å². The van der Waals surface area contributed by atoms with Crippen LogP contribution in [0.25, 0.3) is 0 Å². The third-order valence-electron chi connectivity index (χ3n) is 3.07. The van der Waals surface area contributed by atoms with Gasteiger partial charge in [0.1, 0.15) is 5.75 Å². The van der Waals surface area contributed by atoms with Gasteiger partial charge in [-0.25, -0.2) is 0 Å². The maximum Gasteiger partial charge on any atom is 0.122 e. The third-order valence-corrected chi connectivity index (χ3v) is 3.31. The van der Waals surface area contributed by atoms with E-state index in [1.807, 2.05) is 18.2 Å². The fraction of sp³-hybridized carbons (Fsp3) is 0.500. The van der Waals surface area contributed by atoms with Gasteiger partial charge in [-0.3, -0.25) is 0 Å². The molecule has 1 aromatic rings. The van der Waals surface area contributed by atoms with Gasteiger partial charge >= 0.3 is 0 Å². The number of methoxy groups -OCH3 is 1. The molecule has 2 atom stereocenters. The maximum absolute atomic E-state index is 9.85. The molecule has 1 aromatic carbocycles. The average molecular weight is 227 g/mol. The highest BCUT2D eigenvalue weighted by molar-refractivity contribution is 6.30. The fourth-order valence-corrected chi connectivity index (χ4v) is 2.48. The van der Waals surface area contributed by atoms with Gasteiger partial charge in [-0.05, 0) is 31.0 Å². The number of halogens is 1. The van der Waals surface area contributed by atoms with Gasteiger partial charge in [-0.1, -0.05) is 18.0 Å². The Bertz CT molecular complexity index is 351. The van der Waals surface area contributed by atoms with Crippen molar-refractivity contribution in [3.05, 3.63) is 28.8 Å². The molecule has 3 heteroatoms. The standard InChI is InChI=1S/C12H15ClO2/c1-15-12-6-5-8(13)7-10(12)9-3-2-4-11(9)14/h5-7,9,11,14H,2-4H2,1H3. The molecule has 15 heavy (non-hydrogen) atoms. The Morgan fingerprint density at radius 2 is 2.20 bits per heavy atom. The van der Waals surface area contributed by atoms with Gasteiger partial charge in [0.05, 0.1) is 13.2 Å². The Labute approximate surface area is 94.8 Å². The van der Waals surface area contributed by atoms with Crippen molar-refractivity contribution in [1.82, 2.24) is 0 Å². The van der Waals surface area contributed by atoms with E-state index in [4.69, 9.17) is 16.3 Å². The van der Waals surface area contributed by atoms with Crippen LogP contribution in [0, 0.1) is 0 Å². The van der Waals surface area contributed by atoms with E-state index >= 15 is 0 Å². The number of benzene rings is 1. The van der Waals surface area contributed by atoms with Crippen molar-refractivity contribution in [2.24, 2.45) is 0 Å². The summed E-state index contributed by atoms with van der Waals surface area (Å²) in [6.07, 6.45) is 2.71. The Morgan fingerprint density at radius 3 is 2.80 bits per heavy atom. The number of aliphatic hydroxyl groups is 1. The van der Waals surface area contributed by atoms with Crippen molar-refractivity contribution in [3.8, 4) is 5.75 Å². The van der Waals surface area contributed by atoms with E-state index in [1.165, 1.54) is 0 Å². The topological polar surface area (TPSA) is 29.5 Å². The molecule has 2 unspecified atom stereocenters. The second-order valence-corrected chi connectivity index (χ2v) is 4.43. The molecule has 82 valence electrons. The second-order valence-electron chi connectivity index (χ2n) is 3.99.